The number of rotatable bonds is 5. The second kappa shape index (κ2) is 6.42. The lowest BCUT2D eigenvalue weighted by Crippen LogP contribution is -1.99. The normalized spacial score (nSPS) is 13.9. The monoisotopic (exact) mass is 248 g/mol. The van der Waals surface area contributed by atoms with Gasteiger partial charge in [-0.25, -0.2) is 4.39 Å². The quantitative estimate of drug-likeness (QED) is 0.812. The van der Waals surface area contributed by atoms with E-state index < -0.39 is 0 Å². The van der Waals surface area contributed by atoms with Crippen molar-refractivity contribution in [1.29, 1.82) is 0 Å². The summed E-state index contributed by atoms with van der Waals surface area (Å²) in [5.74, 6) is 6.57. The molecule has 1 aliphatic carbocycles. The van der Waals surface area contributed by atoms with E-state index in [1.165, 1.54) is 25.0 Å². The van der Waals surface area contributed by atoms with Crippen molar-refractivity contribution in [1.82, 2.24) is 0 Å². The van der Waals surface area contributed by atoms with Crippen LogP contribution in [0.15, 0.2) is 18.2 Å². The van der Waals surface area contributed by atoms with Crippen molar-refractivity contribution in [2.75, 3.05) is 13.2 Å². The molecular formula is C15H17FO2. The summed E-state index contributed by atoms with van der Waals surface area (Å²) in [5, 5.41) is 8.63. The fourth-order valence-corrected chi connectivity index (χ4v) is 1.69. The van der Waals surface area contributed by atoms with Gasteiger partial charge in [0.25, 0.3) is 0 Å². The van der Waals surface area contributed by atoms with Crippen LogP contribution in [0.4, 0.5) is 4.39 Å². The maximum atomic E-state index is 13.3. The number of hydrogen-bond donors (Lipinski definition) is 1. The zero-order valence-electron chi connectivity index (χ0n) is 10.3. The molecule has 2 rings (SSSR count). The molecule has 3 heteroatoms. The molecule has 0 atom stereocenters. The Kier molecular flexibility index (Phi) is 4.60. The standard InChI is InChI=1S/C15H17FO2/c16-14-9-13(3-1-2-7-17)10-15(11-14)18-8-6-12-4-5-12/h9-12,17H,2,4-8H2. The van der Waals surface area contributed by atoms with E-state index in [1.807, 2.05) is 0 Å². The minimum Gasteiger partial charge on any atom is -0.493 e. The second-order valence-electron chi connectivity index (χ2n) is 4.53. The van der Waals surface area contributed by atoms with Crippen LogP contribution in [0, 0.1) is 23.6 Å². The van der Waals surface area contributed by atoms with E-state index in [4.69, 9.17) is 9.84 Å². The Labute approximate surface area is 107 Å². The number of aliphatic hydroxyl groups excluding tert-OH is 1. The molecule has 0 saturated heterocycles. The van der Waals surface area contributed by atoms with Gasteiger partial charge in [0.1, 0.15) is 11.6 Å². The molecule has 0 heterocycles. The van der Waals surface area contributed by atoms with Crippen LogP contribution < -0.4 is 4.74 Å². The molecule has 96 valence electrons. The SMILES string of the molecule is OCCC#Cc1cc(F)cc(OCCC2CC2)c1. The van der Waals surface area contributed by atoms with E-state index >= 15 is 0 Å². The van der Waals surface area contributed by atoms with Gasteiger partial charge in [-0.1, -0.05) is 24.7 Å². The molecule has 1 N–H and O–H groups in total. The van der Waals surface area contributed by atoms with Gasteiger partial charge in [0, 0.05) is 18.1 Å². The number of ether oxygens (including phenoxy) is 1. The maximum Gasteiger partial charge on any atom is 0.128 e. The summed E-state index contributed by atoms with van der Waals surface area (Å²) in [4.78, 5) is 0. The van der Waals surface area contributed by atoms with Crippen LogP contribution in [-0.4, -0.2) is 18.3 Å². The Morgan fingerprint density at radius 2 is 2.17 bits per heavy atom. The molecule has 18 heavy (non-hydrogen) atoms. The van der Waals surface area contributed by atoms with Crippen LogP contribution >= 0.6 is 0 Å². The van der Waals surface area contributed by atoms with Crippen molar-refractivity contribution in [2.24, 2.45) is 5.92 Å². The second-order valence-corrected chi connectivity index (χ2v) is 4.53. The summed E-state index contributed by atoms with van der Waals surface area (Å²) in [5.41, 5.74) is 0.588. The zero-order chi connectivity index (χ0) is 12.8. The van der Waals surface area contributed by atoms with Gasteiger partial charge >= 0.3 is 0 Å². The molecule has 1 aromatic rings. The Morgan fingerprint density at radius 1 is 1.33 bits per heavy atom. The third-order valence-corrected chi connectivity index (χ3v) is 2.83. The Morgan fingerprint density at radius 3 is 2.89 bits per heavy atom. The lowest BCUT2D eigenvalue weighted by molar-refractivity contribution is 0.301. The van der Waals surface area contributed by atoms with E-state index in [-0.39, 0.29) is 12.4 Å². The highest BCUT2D eigenvalue weighted by atomic mass is 19.1. The van der Waals surface area contributed by atoms with Crippen LogP contribution in [-0.2, 0) is 0 Å². The van der Waals surface area contributed by atoms with Gasteiger partial charge in [-0.15, -0.1) is 0 Å². The maximum absolute atomic E-state index is 13.3. The van der Waals surface area contributed by atoms with E-state index in [1.54, 1.807) is 6.07 Å². The average molecular weight is 248 g/mol. The zero-order valence-corrected chi connectivity index (χ0v) is 10.3. The number of benzene rings is 1. The van der Waals surface area contributed by atoms with Crippen LogP contribution in [0.1, 0.15) is 31.2 Å². The smallest absolute Gasteiger partial charge is 0.128 e. The molecule has 0 bridgehead atoms. The van der Waals surface area contributed by atoms with Crippen LogP contribution in [0.2, 0.25) is 0 Å². The van der Waals surface area contributed by atoms with Crippen molar-refractivity contribution in [3.05, 3.63) is 29.6 Å². The highest BCUT2D eigenvalue weighted by molar-refractivity contribution is 5.40. The summed E-state index contributed by atoms with van der Waals surface area (Å²) in [7, 11) is 0. The summed E-state index contributed by atoms with van der Waals surface area (Å²) in [6, 6.07) is 4.49. The number of aliphatic hydroxyl groups is 1. The third-order valence-electron chi connectivity index (χ3n) is 2.83. The molecule has 0 amide bonds. The van der Waals surface area contributed by atoms with Crippen molar-refractivity contribution < 1.29 is 14.2 Å². The minimum absolute atomic E-state index is 0.0209. The molecule has 0 radical (unpaired) electrons. The van der Waals surface area contributed by atoms with Crippen molar-refractivity contribution in [3.8, 4) is 17.6 Å². The first kappa shape index (κ1) is 12.9. The van der Waals surface area contributed by atoms with Gasteiger partial charge < -0.3 is 9.84 Å². The van der Waals surface area contributed by atoms with Crippen molar-refractivity contribution >= 4 is 0 Å². The molecule has 1 aliphatic rings. The van der Waals surface area contributed by atoms with E-state index in [0.717, 1.165) is 12.3 Å². The molecule has 2 nitrogen and oxygen atoms in total. The number of halogens is 1. The van der Waals surface area contributed by atoms with Gasteiger partial charge in [0.2, 0.25) is 0 Å². The van der Waals surface area contributed by atoms with Gasteiger partial charge in [-0.2, -0.15) is 0 Å². The summed E-state index contributed by atoms with van der Waals surface area (Å²) < 4.78 is 18.9. The predicted molar refractivity (Wildman–Crippen MR) is 67.8 cm³/mol. The lowest BCUT2D eigenvalue weighted by atomic mass is 10.2. The molecule has 1 fully saturated rings. The average Bonchev–Trinajstić information content (AvgIpc) is 3.13. The summed E-state index contributed by atoms with van der Waals surface area (Å²) in [6.07, 6.45) is 4.03. The third kappa shape index (κ3) is 4.38. The van der Waals surface area contributed by atoms with Gasteiger partial charge in [-0.3, -0.25) is 0 Å². The first-order valence-corrected chi connectivity index (χ1v) is 6.31. The summed E-state index contributed by atoms with van der Waals surface area (Å²) in [6.45, 7) is 0.657. The molecule has 0 aliphatic heterocycles. The Hall–Kier alpha value is -1.53. The lowest BCUT2D eigenvalue weighted by Gasteiger charge is -2.06. The van der Waals surface area contributed by atoms with Crippen LogP contribution in [0.5, 0.6) is 5.75 Å². The first-order chi connectivity index (χ1) is 8.78. The van der Waals surface area contributed by atoms with Gasteiger partial charge in [-0.05, 0) is 24.5 Å². The van der Waals surface area contributed by atoms with Gasteiger partial charge in [0.15, 0.2) is 0 Å². The molecule has 0 spiro atoms. The largest absolute Gasteiger partial charge is 0.493 e. The fraction of sp³-hybridized carbons (Fsp3) is 0.467. The van der Waals surface area contributed by atoms with E-state index in [0.29, 0.717) is 24.3 Å². The Balaban J connectivity index is 1.94. The fourth-order valence-electron chi connectivity index (χ4n) is 1.69. The minimum atomic E-state index is -0.341. The predicted octanol–water partition coefficient (Wildman–Crippen LogP) is 2.74. The topological polar surface area (TPSA) is 29.5 Å². The molecule has 0 unspecified atom stereocenters. The summed E-state index contributed by atoms with van der Waals surface area (Å²) >= 11 is 0. The molecule has 0 aromatic heterocycles. The van der Waals surface area contributed by atoms with E-state index in [9.17, 15) is 4.39 Å². The highest BCUT2D eigenvalue weighted by Crippen LogP contribution is 2.32. The van der Waals surface area contributed by atoms with Crippen molar-refractivity contribution in [3.63, 3.8) is 0 Å². The van der Waals surface area contributed by atoms with Gasteiger partial charge in [0.05, 0.1) is 13.2 Å². The first-order valence-electron chi connectivity index (χ1n) is 6.31. The molecule has 1 saturated carbocycles. The molecule has 1 aromatic carbocycles. The highest BCUT2D eigenvalue weighted by Gasteiger charge is 2.20. The Bertz CT molecular complexity index is 455. The van der Waals surface area contributed by atoms with Crippen LogP contribution in [0.25, 0.3) is 0 Å². The van der Waals surface area contributed by atoms with Crippen LogP contribution in [0.3, 0.4) is 0 Å². The number of hydrogen-bond acceptors (Lipinski definition) is 2. The molecular weight excluding hydrogens is 231 g/mol. The van der Waals surface area contributed by atoms with Crippen molar-refractivity contribution in [2.45, 2.75) is 25.7 Å². The van der Waals surface area contributed by atoms with E-state index in [2.05, 4.69) is 11.8 Å².